The van der Waals surface area contributed by atoms with Crippen LogP contribution in [0.1, 0.15) is 26.0 Å². The number of carbonyl (C=O) groups is 1. The van der Waals surface area contributed by atoms with E-state index in [1.165, 1.54) is 10.8 Å². The average molecular weight is 263 g/mol. The third kappa shape index (κ3) is 2.98. The van der Waals surface area contributed by atoms with Crippen molar-refractivity contribution in [1.29, 1.82) is 0 Å². The van der Waals surface area contributed by atoms with Gasteiger partial charge >= 0.3 is 5.97 Å². The highest BCUT2D eigenvalue weighted by molar-refractivity contribution is 5.77. The molecule has 7 nitrogen and oxygen atoms in total. The van der Waals surface area contributed by atoms with Gasteiger partial charge in [0, 0.05) is 11.8 Å². The smallest absolute Gasteiger partial charge is 0.326 e. The third-order valence-electron chi connectivity index (χ3n) is 2.71. The van der Waals surface area contributed by atoms with E-state index >= 15 is 0 Å². The molecule has 0 saturated heterocycles. The molecule has 0 aromatic carbocycles. The van der Waals surface area contributed by atoms with E-state index in [2.05, 4.69) is 20.4 Å². The first-order chi connectivity index (χ1) is 8.97. The van der Waals surface area contributed by atoms with Gasteiger partial charge in [-0.15, -0.1) is 0 Å². The minimum Gasteiger partial charge on any atom is -0.480 e. The molecule has 0 aliphatic heterocycles. The first-order valence-electron chi connectivity index (χ1n) is 6.14. The number of aliphatic carboxylic acids is 1. The number of nitrogens with one attached hydrogen (secondary N) is 1. The highest BCUT2D eigenvalue weighted by Crippen LogP contribution is 2.15. The molecule has 0 saturated carbocycles. The lowest BCUT2D eigenvalue weighted by Gasteiger charge is -2.18. The van der Waals surface area contributed by atoms with Crippen LogP contribution in [-0.4, -0.2) is 36.7 Å². The number of hydrogen-bond donors (Lipinski definition) is 2. The predicted octanol–water partition coefficient (Wildman–Crippen LogP) is 1.34. The maximum atomic E-state index is 11.3. The molecule has 2 aromatic rings. The molecule has 0 amide bonds. The Labute approximate surface area is 110 Å². The lowest BCUT2D eigenvalue weighted by molar-refractivity contribution is -0.138. The van der Waals surface area contributed by atoms with Crippen molar-refractivity contribution in [2.45, 2.75) is 33.2 Å². The second kappa shape index (κ2) is 5.21. The van der Waals surface area contributed by atoms with Gasteiger partial charge in [-0.3, -0.25) is 0 Å². The van der Waals surface area contributed by atoms with Crippen molar-refractivity contribution in [3.8, 4) is 0 Å². The Hall–Kier alpha value is -2.18. The lowest BCUT2D eigenvalue weighted by Crippen LogP contribution is -2.31. The zero-order chi connectivity index (χ0) is 14.0. The summed E-state index contributed by atoms with van der Waals surface area (Å²) in [6.07, 6.45) is 1.93. The molecule has 2 aromatic heterocycles. The summed E-state index contributed by atoms with van der Waals surface area (Å²) in [6, 6.07) is 1.10. The Morgan fingerprint density at radius 1 is 1.53 bits per heavy atom. The Kier molecular flexibility index (Phi) is 3.64. The molecule has 0 radical (unpaired) electrons. The molecule has 19 heavy (non-hydrogen) atoms. The number of fused-ring (bicyclic) bond motifs is 1. The van der Waals surface area contributed by atoms with Crippen molar-refractivity contribution in [3.63, 3.8) is 0 Å². The quantitative estimate of drug-likeness (QED) is 0.845. The Morgan fingerprint density at radius 3 is 2.89 bits per heavy atom. The molecule has 0 unspecified atom stereocenters. The number of nitrogens with zero attached hydrogens (tertiary/aromatic N) is 4. The SMILES string of the molecule is Cc1cc(N[C@H](CC(C)C)C(=O)O)n2ncnc2n1. The summed E-state index contributed by atoms with van der Waals surface area (Å²) in [5, 5.41) is 16.3. The maximum Gasteiger partial charge on any atom is 0.326 e. The van der Waals surface area contributed by atoms with E-state index in [9.17, 15) is 9.90 Å². The molecular weight excluding hydrogens is 246 g/mol. The van der Waals surface area contributed by atoms with Gasteiger partial charge in [-0.25, -0.2) is 9.78 Å². The molecule has 0 bridgehead atoms. The number of rotatable bonds is 5. The fraction of sp³-hybridized carbons (Fsp3) is 0.500. The summed E-state index contributed by atoms with van der Waals surface area (Å²) in [7, 11) is 0. The normalized spacial score (nSPS) is 12.8. The van der Waals surface area contributed by atoms with E-state index in [0.29, 0.717) is 18.0 Å². The van der Waals surface area contributed by atoms with Crippen molar-refractivity contribution < 1.29 is 9.90 Å². The second-order valence-electron chi connectivity index (χ2n) is 4.92. The standard InChI is InChI=1S/C12H17N5O2/c1-7(2)4-9(11(18)19)16-10-5-8(3)15-12-13-6-14-17(10)12/h5-7,9,16H,4H2,1-3H3,(H,18,19)/t9-/m1/s1. The molecule has 1 atom stereocenters. The van der Waals surface area contributed by atoms with Gasteiger partial charge in [0.05, 0.1) is 0 Å². The summed E-state index contributed by atoms with van der Waals surface area (Å²) in [5.74, 6) is 0.448. The van der Waals surface area contributed by atoms with E-state index in [-0.39, 0.29) is 5.92 Å². The predicted molar refractivity (Wildman–Crippen MR) is 70.0 cm³/mol. The summed E-state index contributed by atoms with van der Waals surface area (Å²) in [4.78, 5) is 19.5. The third-order valence-corrected chi connectivity index (χ3v) is 2.71. The molecule has 2 rings (SSSR count). The zero-order valence-corrected chi connectivity index (χ0v) is 11.2. The van der Waals surface area contributed by atoms with Crippen LogP contribution in [-0.2, 0) is 4.79 Å². The number of anilines is 1. The highest BCUT2D eigenvalue weighted by Gasteiger charge is 2.20. The first kappa shape index (κ1) is 13.3. The molecule has 2 heterocycles. The van der Waals surface area contributed by atoms with Crippen molar-refractivity contribution in [2.75, 3.05) is 5.32 Å². The van der Waals surface area contributed by atoms with Crippen LogP contribution in [0.25, 0.3) is 5.78 Å². The first-order valence-corrected chi connectivity index (χ1v) is 6.14. The van der Waals surface area contributed by atoms with E-state index < -0.39 is 12.0 Å². The van der Waals surface area contributed by atoms with Crippen LogP contribution >= 0.6 is 0 Å². The summed E-state index contributed by atoms with van der Waals surface area (Å²) in [5.41, 5.74) is 0.761. The molecule has 0 aliphatic carbocycles. The van der Waals surface area contributed by atoms with Crippen molar-refractivity contribution in [3.05, 3.63) is 18.1 Å². The van der Waals surface area contributed by atoms with Crippen LogP contribution in [0, 0.1) is 12.8 Å². The van der Waals surface area contributed by atoms with E-state index in [1.807, 2.05) is 20.8 Å². The van der Waals surface area contributed by atoms with Crippen LogP contribution in [0.15, 0.2) is 12.4 Å². The van der Waals surface area contributed by atoms with Gasteiger partial charge in [-0.1, -0.05) is 13.8 Å². The molecule has 0 fully saturated rings. The second-order valence-corrected chi connectivity index (χ2v) is 4.92. The number of aryl methyl sites for hydroxylation is 1. The van der Waals surface area contributed by atoms with Crippen LogP contribution in [0.2, 0.25) is 0 Å². The highest BCUT2D eigenvalue weighted by atomic mass is 16.4. The molecule has 0 spiro atoms. The Morgan fingerprint density at radius 2 is 2.26 bits per heavy atom. The van der Waals surface area contributed by atoms with Gasteiger partial charge in [-0.05, 0) is 19.3 Å². The summed E-state index contributed by atoms with van der Waals surface area (Å²) >= 11 is 0. The monoisotopic (exact) mass is 263 g/mol. The van der Waals surface area contributed by atoms with Gasteiger partial charge in [-0.2, -0.15) is 14.6 Å². The van der Waals surface area contributed by atoms with Crippen molar-refractivity contribution in [2.24, 2.45) is 5.92 Å². The van der Waals surface area contributed by atoms with Gasteiger partial charge in [0.25, 0.3) is 5.78 Å². The minimum atomic E-state index is -0.878. The van der Waals surface area contributed by atoms with E-state index in [0.717, 1.165) is 5.69 Å². The molecule has 102 valence electrons. The van der Waals surface area contributed by atoms with Gasteiger partial charge in [0.2, 0.25) is 0 Å². The van der Waals surface area contributed by atoms with Crippen LogP contribution < -0.4 is 5.32 Å². The van der Waals surface area contributed by atoms with Crippen molar-refractivity contribution in [1.82, 2.24) is 19.6 Å². The van der Waals surface area contributed by atoms with E-state index in [1.54, 1.807) is 6.07 Å². The zero-order valence-electron chi connectivity index (χ0n) is 11.2. The van der Waals surface area contributed by atoms with Gasteiger partial charge in [0.1, 0.15) is 18.2 Å². The summed E-state index contributed by atoms with van der Waals surface area (Å²) < 4.78 is 1.50. The minimum absolute atomic E-state index is 0.280. The number of carboxylic acids is 1. The fourth-order valence-corrected chi connectivity index (χ4v) is 1.90. The number of hydrogen-bond acceptors (Lipinski definition) is 5. The molecule has 0 aliphatic rings. The largest absolute Gasteiger partial charge is 0.480 e. The topological polar surface area (TPSA) is 92.4 Å². The lowest BCUT2D eigenvalue weighted by atomic mass is 10.0. The molecule has 2 N–H and O–H groups in total. The summed E-state index contributed by atoms with van der Waals surface area (Å²) in [6.45, 7) is 5.80. The molecular formula is C12H17N5O2. The van der Waals surface area contributed by atoms with Crippen LogP contribution in [0.3, 0.4) is 0 Å². The maximum absolute atomic E-state index is 11.3. The fourth-order valence-electron chi connectivity index (χ4n) is 1.90. The van der Waals surface area contributed by atoms with Crippen molar-refractivity contribution >= 4 is 17.6 Å². The Bertz CT molecular complexity index is 593. The Balaban J connectivity index is 2.32. The average Bonchev–Trinajstić information content (AvgIpc) is 2.75. The number of carboxylic acid groups (broad SMARTS) is 1. The number of aromatic nitrogens is 4. The van der Waals surface area contributed by atoms with E-state index in [4.69, 9.17) is 0 Å². The van der Waals surface area contributed by atoms with Crippen LogP contribution in [0.5, 0.6) is 0 Å². The van der Waals surface area contributed by atoms with Crippen LogP contribution in [0.4, 0.5) is 5.82 Å². The molecule has 7 heteroatoms. The van der Waals surface area contributed by atoms with Gasteiger partial charge < -0.3 is 10.4 Å². The van der Waals surface area contributed by atoms with Gasteiger partial charge in [0.15, 0.2) is 0 Å².